The number of nitrogens with two attached hydrogens (primary N) is 1. The Balaban J connectivity index is 1.86. The minimum atomic E-state index is -0.415. The van der Waals surface area contributed by atoms with E-state index in [1.54, 1.807) is 12.1 Å². The Kier molecular flexibility index (Phi) is 5.94. The number of carbonyl (C=O) groups excluding carboxylic acids is 1. The number of benzene rings is 1. The topological polar surface area (TPSA) is 84.3 Å². The van der Waals surface area contributed by atoms with Crippen LogP contribution < -0.4 is 5.73 Å². The minimum absolute atomic E-state index is 0.415. The molecule has 2 heterocycles. The Bertz CT molecular complexity index is 856. The number of nitriles is 1. The maximum Gasteiger partial charge on any atom is 0.251 e. The van der Waals surface area contributed by atoms with Gasteiger partial charge in [-0.3, -0.25) is 9.69 Å². The smallest absolute Gasteiger partial charge is 0.251 e. The van der Waals surface area contributed by atoms with E-state index in [2.05, 4.69) is 15.5 Å². The van der Waals surface area contributed by atoms with Crippen LogP contribution in [0.15, 0.2) is 24.3 Å². The second-order valence-corrected chi connectivity index (χ2v) is 6.93. The molecule has 1 saturated heterocycles. The Morgan fingerprint density at radius 1 is 1.15 bits per heavy atom. The number of morpholine rings is 1. The van der Waals surface area contributed by atoms with Crippen LogP contribution >= 0.6 is 0 Å². The third-order valence-electron chi connectivity index (χ3n) is 5.29. The van der Waals surface area contributed by atoms with Crippen LogP contribution in [0.2, 0.25) is 0 Å². The first-order valence-electron chi connectivity index (χ1n) is 9.33. The molecule has 0 radical (unpaired) electrons. The SMILES string of the molecule is Cc1c(C(N)=O)c(-c2ccc(C#N)cc2)c(C)n1CCCN1CCOCC1. The highest BCUT2D eigenvalue weighted by molar-refractivity contribution is 6.02. The Hall–Kier alpha value is -2.62. The van der Waals surface area contributed by atoms with E-state index >= 15 is 0 Å². The zero-order chi connectivity index (χ0) is 19.4. The first-order valence-corrected chi connectivity index (χ1v) is 9.33. The molecule has 2 aromatic rings. The molecule has 1 fully saturated rings. The quantitative estimate of drug-likeness (QED) is 0.851. The first kappa shape index (κ1) is 19.2. The van der Waals surface area contributed by atoms with Crippen molar-refractivity contribution in [2.24, 2.45) is 5.73 Å². The summed E-state index contributed by atoms with van der Waals surface area (Å²) in [6, 6.07) is 9.42. The monoisotopic (exact) mass is 366 g/mol. The molecule has 1 aromatic carbocycles. The fourth-order valence-electron chi connectivity index (χ4n) is 3.86. The molecule has 2 N–H and O–H groups in total. The lowest BCUT2D eigenvalue weighted by Gasteiger charge is -2.26. The summed E-state index contributed by atoms with van der Waals surface area (Å²) >= 11 is 0. The number of aromatic nitrogens is 1. The van der Waals surface area contributed by atoms with Crippen molar-refractivity contribution >= 4 is 5.91 Å². The van der Waals surface area contributed by atoms with E-state index in [9.17, 15) is 4.79 Å². The zero-order valence-electron chi connectivity index (χ0n) is 16.0. The number of amides is 1. The molecule has 1 aromatic heterocycles. The van der Waals surface area contributed by atoms with Gasteiger partial charge in [0.2, 0.25) is 0 Å². The molecular formula is C21H26N4O2. The van der Waals surface area contributed by atoms with E-state index in [1.807, 2.05) is 26.0 Å². The number of carbonyl (C=O) groups is 1. The Labute approximate surface area is 160 Å². The summed E-state index contributed by atoms with van der Waals surface area (Å²) in [5.41, 5.74) is 10.6. The average molecular weight is 366 g/mol. The van der Waals surface area contributed by atoms with Crippen molar-refractivity contribution in [1.29, 1.82) is 5.26 Å². The molecule has 3 rings (SSSR count). The van der Waals surface area contributed by atoms with Gasteiger partial charge in [-0.1, -0.05) is 12.1 Å². The van der Waals surface area contributed by atoms with E-state index in [1.165, 1.54) is 0 Å². The van der Waals surface area contributed by atoms with Crippen molar-refractivity contribution < 1.29 is 9.53 Å². The van der Waals surface area contributed by atoms with E-state index in [4.69, 9.17) is 15.7 Å². The van der Waals surface area contributed by atoms with Gasteiger partial charge in [0.25, 0.3) is 5.91 Å². The lowest BCUT2D eigenvalue weighted by Crippen LogP contribution is -2.37. The van der Waals surface area contributed by atoms with Gasteiger partial charge in [0.1, 0.15) is 0 Å². The average Bonchev–Trinajstić information content (AvgIpc) is 2.93. The Morgan fingerprint density at radius 3 is 2.41 bits per heavy atom. The fourth-order valence-corrected chi connectivity index (χ4v) is 3.86. The van der Waals surface area contributed by atoms with Gasteiger partial charge in [0.05, 0.1) is 30.4 Å². The van der Waals surface area contributed by atoms with Crippen LogP contribution in [0.4, 0.5) is 0 Å². The maximum atomic E-state index is 12.2. The van der Waals surface area contributed by atoms with Crippen LogP contribution in [0.5, 0.6) is 0 Å². The number of primary amides is 1. The lowest BCUT2D eigenvalue weighted by atomic mass is 9.99. The lowest BCUT2D eigenvalue weighted by molar-refractivity contribution is 0.0369. The molecule has 1 aliphatic heterocycles. The highest BCUT2D eigenvalue weighted by atomic mass is 16.5. The van der Waals surface area contributed by atoms with Gasteiger partial charge in [-0.15, -0.1) is 0 Å². The normalized spacial score (nSPS) is 14.9. The number of rotatable bonds is 6. The van der Waals surface area contributed by atoms with Gasteiger partial charge in [-0.25, -0.2) is 0 Å². The standard InChI is InChI=1S/C21H26N4O2/c1-15-19(18-6-4-17(14-22)5-7-18)20(21(23)26)16(2)25(15)9-3-8-24-10-12-27-13-11-24/h4-7H,3,8-13H2,1-2H3,(H2,23,26). The minimum Gasteiger partial charge on any atom is -0.379 e. The van der Waals surface area contributed by atoms with Gasteiger partial charge in [-0.05, 0) is 38.0 Å². The summed E-state index contributed by atoms with van der Waals surface area (Å²) in [7, 11) is 0. The molecule has 27 heavy (non-hydrogen) atoms. The first-order chi connectivity index (χ1) is 13.0. The second-order valence-electron chi connectivity index (χ2n) is 6.93. The van der Waals surface area contributed by atoms with Crippen molar-refractivity contribution in [1.82, 2.24) is 9.47 Å². The molecule has 0 spiro atoms. The van der Waals surface area contributed by atoms with Crippen LogP contribution in [0.25, 0.3) is 11.1 Å². The number of hydrogen-bond donors (Lipinski definition) is 1. The van der Waals surface area contributed by atoms with Crippen LogP contribution in [0, 0.1) is 25.2 Å². The summed E-state index contributed by atoms with van der Waals surface area (Å²) in [5.74, 6) is -0.415. The number of ether oxygens (including phenoxy) is 1. The number of nitrogens with zero attached hydrogens (tertiary/aromatic N) is 3. The summed E-state index contributed by atoms with van der Waals surface area (Å²) in [6.07, 6.45) is 1.00. The molecule has 6 heteroatoms. The summed E-state index contributed by atoms with van der Waals surface area (Å²) in [5, 5.41) is 9.01. The van der Waals surface area contributed by atoms with Crippen LogP contribution in [0.3, 0.4) is 0 Å². The third kappa shape index (κ3) is 4.05. The van der Waals surface area contributed by atoms with Crippen molar-refractivity contribution in [2.75, 3.05) is 32.8 Å². The highest BCUT2D eigenvalue weighted by Gasteiger charge is 2.22. The summed E-state index contributed by atoms with van der Waals surface area (Å²) in [4.78, 5) is 14.6. The molecule has 0 saturated carbocycles. The van der Waals surface area contributed by atoms with Gasteiger partial charge in [0.15, 0.2) is 0 Å². The van der Waals surface area contributed by atoms with Gasteiger partial charge < -0.3 is 15.0 Å². The molecule has 0 bridgehead atoms. The van der Waals surface area contributed by atoms with Gasteiger partial charge in [-0.2, -0.15) is 5.26 Å². The maximum absolute atomic E-state index is 12.2. The van der Waals surface area contributed by atoms with Gasteiger partial charge in [0, 0.05) is 43.1 Å². The van der Waals surface area contributed by atoms with Crippen molar-refractivity contribution in [3.8, 4) is 17.2 Å². The van der Waals surface area contributed by atoms with Crippen LogP contribution in [-0.4, -0.2) is 48.2 Å². The Morgan fingerprint density at radius 2 is 1.81 bits per heavy atom. The fraction of sp³-hybridized carbons (Fsp3) is 0.429. The predicted octanol–water partition coefficient (Wildman–Crippen LogP) is 2.46. The molecule has 142 valence electrons. The largest absolute Gasteiger partial charge is 0.379 e. The third-order valence-corrected chi connectivity index (χ3v) is 5.29. The molecule has 1 aliphatic rings. The molecule has 0 unspecified atom stereocenters. The van der Waals surface area contributed by atoms with E-state index in [0.29, 0.717) is 11.1 Å². The number of hydrogen-bond acceptors (Lipinski definition) is 4. The molecule has 0 atom stereocenters. The van der Waals surface area contributed by atoms with Gasteiger partial charge >= 0.3 is 0 Å². The summed E-state index contributed by atoms with van der Waals surface area (Å²) in [6.45, 7) is 9.40. The van der Waals surface area contributed by atoms with Crippen molar-refractivity contribution in [2.45, 2.75) is 26.8 Å². The van der Waals surface area contributed by atoms with Crippen molar-refractivity contribution in [3.05, 3.63) is 46.8 Å². The summed E-state index contributed by atoms with van der Waals surface area (Å²) < 4.78 is 7.58. The molecule has 0 aliphatic carbocycles. The van der Waals surface area contributed by atoms with Crippen LogP contribution in [0.1, 0.15) is 33.7 Å². The molecular weight excluding hydrogens is 340 g/mol. The van der Waals surface area contributed by atoms with Crippen LogP contribution in [-0.2, 0) is 11.3 Å². The zero-order valence-corrected chi connectivity index (χ0v) is 16.0. The predicted molar refractivity (Wildman–Crippen MR) is 104 cm³/mol. The van der Waals surface area contributed by atoms with E-state index in [0.717, 1.165) is 68.3 Å². The van der Waals surface area contributed by atoms with E-state index in [-0.39, 0.29) is 0 Å². The van der Waals surface area contributed by atoms with Crippen molar-refractivity contribution in [3.63, 3.8) is 0 Å². The second kappa shape index (κ2) is 8.38. The highest BCUT2D eigenvalue weighted by Crippen LogP contribution is 2.32. The molecule has 6 nitrogen and oxygen atoms in total. The molecule has 1 amide bonds. The van der Waals surface area contributed by atoms with E-state index < -0.39 is 5.91 Å².